The topological polar surface area (TPSA) is 86.4 Å². The second kappa shape index (κ2) is 8.34. The van der Waals surface area contributed by atoms with Crippen LogP contribution in [0.2, 0.25) is 0 Å². The summed E-state index contributed by atoms with van der Waals surface area (Å²) in [6, 6.07) is -0.699. The molecule has 0 saturated carbocycles. The van der Waals surface area contributed by atoms with Crippen molar-refractivity contribution < 1.29 is 14.5 Å². The Morgan fingerprint density at radius 1 is 1.62 bits per heavy atom. The van der Waals surface area contributed by atoms with Crippen molar-refractivity contribution in [2.24, 2.45) is 11.7 Å². The van der Waals surface area contributed by atoms with E-state index in [4.69, 9.17) is 10.8 Å². The van der Waals surface area contributed by atoms with Gasteiger partial charge in [-0.3, -0.25) is 4.79 Å². The van der Waals surface area contributed by atoms with Gasteiger partial charge in [-0.1, -0.05) is 31.4 Å². The van der Waals surface area contributed by atoms with Gasteiger partial charge in [-0.25, -0.2) is 0 Å². The fraction of sp³-hybridized carbons (Fsp3) is 0.875. The average Bonchev–Trinajstić information content (AvgIpc) is 2.00. The Labute approximate surface area is 82.7 Å². The van der Waals surface area contributed by atoms with E-state index in [0.717, 1.165) is 6.42 Å². The van der Waals surface area contributed by atoms with E-state index in [1.807, 2.05) is 13.8 Å². The highest BCUT2D eigenvalue weighted by molar-refractivity contribution is 7.89. The third kappa shape index (κ3) is 11.7. The Bertz CT molecular complexity index is 139. The summed E-state index contributed by atoms with van der Waals surface area (Å²) in [6.07, 6.45) is 4.09. The molecule has 0 aliphatic heterocycles. The molecule has 2 unspecified atom stereocenters. The van der Waals surface area contributed by atoms with Gasteiger partial charge < -0.3 is 15.4 Å². The zero-order chi connectivity index (χ0) is 11.0. The number of carboxylic acid groups (broad SMARTS) is 1. The minimum absolute atomic E-state index is 0.0718. The summed E-state index contributed by atoms with van der Waals surface area (Å²) in [4.78, 5) is 10.2. The summed E-state index contributed by atoms with van der Waals surface area (Å²) in [5.41, 5.74) is 5.27. The second-order valence-corrected chi connectivity index (χ2v) is 4.47. The smallest absolute Gasteiger partial charge is 0.320 e. The predicted octanol–water partition coefficient (Wildman–Crippen LogP) is 0.439. The van der Waals surface area contributed by atoms with Crippen LogP contribution in [0.4, 0.5) is 0 Å². The maximum atomic E-state index is 10.2. The van der Waals surface area contributed by atoms with Gasteiger partial charge in [0.15, 0.2) is 0 Å². The van der Waals surface area contributed by atoms with Crippen LogP contribution in [0, 0.1) is 5.92 Å². The Morgan fingerprint density at radius 2 is 1.92 bits per heavy atom. The van der Waals surface area contributed by atoms with Gasteiger partial charge in [-0.05, 0) is 5.92 Å². The first-order valence-electron chi connectivity index (χ1n) is 4.06. The minimum Gasteiger partial charge on any atom is -0.617 e. The molecule has 0 heterocycles. The number of rotatable bonds is 3. The van der Waals surface area contributed by atoms with Crippen LogP contribution in [-0.4, -0.2) is 34.2 Å². The molecule has 0 fully saturated rings. The van der Waals surface area contributed by atoms with Gasteiger partial charge in [0.2, 0.25) is 0 Å². The van der Waals surface area contributed by atoms with Crippen LogP contribution >= 0.6 is 0 Å². The number of carbonyl (C=O) groups is 1. The first kappa shape index (κ1) is 15.2. The lowest BCUT2D eigenvalue weighted by Gasteiger charge is -2.11. The molecule has 3 N–H and O–H groups in total. The SMILES string of the molecule is CCC(C)C(N)C(=O)O.C[S+](C)[O-]. The van der Waals surface area contributed by atoms with Crippen LogP contribution in [0.5, 0.6) is 0 Å². The van der Waals surface area contributed by atoms with E-state index in [-0.39, 0.29) is 5.92 Å². The lowest BCUT2D eigenvalue weighted by atomic mass is 10.0. The van der Waals surface area contributed by atoms with Gasteiger partial charge in [-0.2, -0.15) is 0 Å². The molecule has 13 heavy (non-hydrogen) atoms. The number of aliphatic carboxylic acids is 1. The van der Waals surface area contributed by atoms with E-state index in [2.05, 4.69) is 0 Å². The van der Waals surface area contributed by atoms with E-state index in [1.165, 1.54) is 0 Å². The molecule has 0 rings (SSSR count). The van der Waals surface area contributed by atoms with E-state index in [0.29, 0.717) is 0 Å². The van der Waals surface area contributed by atoms with Crippen LogP contribution in [-0.2, 0) is 16.0 Å². The molecule has 0 aromatic heterocycles. The molecule has 0 aromatic carbocycles. The maximum Gasteiger partial charge on any atom is 0.320 e. The van der Waals surface area contributed by atoms with Gasteiger partial charge in [0, 0.05) is 0 Å². The average molecular weight is 209 g/mol. The molecule has 0 aliphatic rings. The van der Waals surface area contributed by atoms with Crippen molar-refractivity contribution >= 4 is 17.1 Å². The van der Waals surface area contributed by atoms with Gasteiger partial charge in [0.25, 0.3) is 0 Å². The Balaban J connectivity index is 0. The van der Waals surface area contributed by atoms with Crippen molar-refractivity contribution in [2.75, 3.05) is 12.5 Å². The molecule has 0 radical (unpaired) electrons. The van der Waals surface area contributed by atoms with Crippen molar-refractivity contribution in [3.05, 3.63) is 0 Å². The first-order valence-corrected chi connectivity index (χ1v) is 6.03. The fourth-order valence-corrected chi connectivity index (χ4v) is 0.497. The van der Waals surface area contributed by atoms with Crippen LogP contribution < -0.4 is 5.73 Å². The minimum atomic E-state index is -0.913. The summed E-state index contributed by atoms with van der Waals surface area (Å²) < 4.78 is 9.56. The molecule has 0 aliphatic carbocycles. The summed E-state index contributed by atoms with van der Waals surface area (Å²) in [5.74, 6) is -0.841. The number of hydrogen-bond acceptors (Lipinski definition) is 3. The molecule has 0 saturated heterocycles. The molecule has 80 valence electrons. The molecule has 0 aromatic rings. The highest BCUT2D eigenvalue weighted by Crippen LogP contribution is 2.04. The molecule has 4 nitrogen and oxygen atoms in total. The Kier molecular flexibility index (Phi) is 9.77. The monoisotopic (exact) mass is 209 g/mol. The molecular formula is C8H19NO3S. The first-order chi connectivity index (χ1) is 5.82. The zero-order valence-electron chi connectivity index (χ0n) is 8.61. The lowest BCUT2D eigenvalue weighted by Crippen LogP contribution is -2.36. The molecular weight excluding hydrogens is 190 g/mol. The standard InChI is InChI=1S/C6H13NO2.C2H6OS/c1-3-4(2)5(7)6(8)9;1-4(2)3/h4-5H,3,7H2,1-2H3,(H,8,9);1-2H3. The van der Waals surface area contributed by atoms with Gasteiger partial charge in [0.1, 0.15) is 6.04 Å². The predicted molar refractivity (Wildman–Crippen MR) is 55.1 cm³/mol. The van der Waals surface area contributed by atoms with Crippen molar-refractivity contribution in [1.82, 2.24) is 0 Å². The Morgan fingerprint density at radius 3 is 2.00 bits per heavy atom. The molecule has 0 amide bonds. The largest absolute Gasteiger partial charge is 0.617 e. The van der Waals surface area contributed by atoms with Gasteiger partial charge in [0.05, 0.1) is 12.5 Å². The highest BCUT2D eigenvalue weighted by atomic mass is 32.2. The van der Waals surface area contributed by atoms with Crippen molar-refractivity contribution in [1.29, 1.82) is 0 Å². The second-order valence-electron chi connectivity index (χ2n) is 2.99. The summed E-state index contributed by atoms with van der Waals surface area (Å²) in [5, 5.41) is 8.36. The van der Waals surface area contributed by atoms with Crippen LogP contribution in [0.25, 0.3) is 0 Å². The van der Waals surface area contributed by atoms with Gasteiger partial charge >= 0.3 is 5.97 Å². The van der Waals surface area contributed by atoms with Crippen LogP contribution in [0.1, 0.15) is 20.3 Å². The van der Waals surface area contributed by atoms with Crippen molar-refractivity contribution in [3.8, 4) is 0 Å². The number of nitrogens with two attached hydrogens (primary N) is 1. The highest BCUT2D eigenvalue weighted by Gasteiger charge is 2.17. The molecule has 5 heteroatoms. The number of carboxylic acids is 1. The molecule has 0 spiro atoms. The van der Waals surface area contributed by atoms with E-state index < -0.39 is 23.2 Å². The summed E-state index contributed by atoms with van der Waals surface area (Å²) >= 11 is -0.611. The van der Waals surface area contributed by atoms with Crippen molar-refractivity contribution in [3.63, 3.8) is 0 Å². The normalized spacial score (nSPS) is 14.4. The van der Waals surface area contributed by atoms with E-state index in [1.54, 1.807) is 12.5 Å². The third-order valence-electron chi connectivity index (χ3n) is 1.54. The zero-order valence-corrected chi connectivity index (χ0v) is 9.43. The maximum absolute atomic E-state index is 10.2. The van der Waals surface area contributed by atoms with Gasteiger partial charge in [-0.15, -0.1) is 0 Å². The molecule has 2 atom stereocenters. The summed E-state index contributed by atoms with van der Waals surface area (Å²) in [6.45, 7) is 3.76. The Hall–Kier alpha value is -0.260. The number of hydrogen-bond donors (Lipinski definition) is 2. The quantitative estimate of drug-likeness (QED) is 0.660. The van der Waals surface area contributed by atoms with Crippen molar-refractivity contribution in [2.45, 2.75) is 26.3 Å². The van der Waals surface area contributed by atoms with E-state index in [9.17, 15) is 9.35 Å². The lowest BCUT2D eigenvalue weighted by molar-refractivity contribution is -0.139. The third-order valence-corrected chi connectivity index (χ3v) is 1.54. The summed E-state index contributed by atoms with van der Waals surface area (Å²) in [7, 11) is 0. The molecule has 0 bridgehead atoms. The van der Waals surface area contributed by atoms with Crippen LogP contribution in [0.3, 0.4) is 0 Å². The van der Waals surface area contributed by atoms with E-state index >= 15 is 0 Å². The van der Waals surface area contributed by atoms with Crippen LogP contribution in [0.15, 0.2) is 0 Å². The fourth-order valence-electron chi connectivity index (χ4n) is 0.497.